The summed E-state index contributed by atoms with van der Waals surface area (Å²) in [5.41, 5.74) is 3.95. The second-order valence-corrected chi connectivity index (χ2v) is 21.8. The van der Waals surface area contributed by atoms with Gasteiger partial charge in [-0.2, -0.15) is 10.2 Å². The van der Waals surface area contributed by atoms with Gasteiger partial charge in [-0.3, -0.25) is 9.88 Å². The Kier molecular flexibility index (Phi) is 21.5. The summed E-state index contributed by atoms with van der Waals surface area (Å²) in [6.07, 6.45) is 4.14. The Balaban J connectivity index is 0.976. The number of hydrogen-bond donors (Lipinski definition) is 2. The number of nitriles is 1. The molecule has 0 radical (unpaired) electrons. The molecule has 420 valence electrons. The van der Waals surface area contributed by atoms with Crippen molar-refractivity contribution in [3.05, 3.63) is 220 Å². The number of hydrogen-bond acceptors (Lipinski definition) is 13. The Hall–Kier alpha value is -6.92. The highest BCUT2D eigenvalue weighted by Gasteiger charge is 2.45. The van der Waals surface area contributed by atoms with Crippen LogP contribution in [0.3, 0.4) is 0 Å². The van der Waals surface area contributed by atoms with E-state index in [1.54, 1.807) is 27.5 Å². The molecule has 4 atom stereocenters. The molecular formula is C65H77N6O8P. The van der Waals surface area contributed by atoms with Crippen LogP contribution in [0.2, 0.25) is 0 Å². The minimum Gasteiger partial charge on any atom is -0.497 e. The molecule has 1 saturated heterocycles. The van der Waals surface area contributed by atoms with Crippen molar-refractivity contribution in [2.75, 3.05) is 52.9 Å². The highest BCUT2D eigenvalue weighted by atomic mass is 31.2. The summed E-state index contributed by atoms with van der Waals surface area (Å²) in [5, 5.41) is 16.9. The normalized spacial score (nSPS) is 15.9. The van der Waals surface area contributed by atoms with Crippen LogP contribution in [0.1, 0.15) is 106 Å². The van der Waals surface area contributed by atoms with Gasteiger partial charge in [0.2, 0.25) is 0 Å². The number of ether oxygens (including phenoxy) is 5. The SMILES string of the molecule is COc1ccc(C(NCCCCCCNc2ccn([C@H]3C[C@H](OP(OCCC#N)N(C(C)C)C(C)C)[C@@H](COC(c4ccccc4)(c4ccc(OC)cc4)c4ccc(OC)cc4)O3)c(=O)n2)(c2ccccc2)c2ccccc2)cc1. The minimum atomic E-state index is -1.69. The molecule has 1 fully saturated rings. The van der Waals surface area contributed by atoms with Crippen LogP contribution in [0.15, 0.2) is 181 Å². The Labute approximate surface area is 473 Å². The van der Waals surface area contributed by atoms with Crippen LogP contribution in [-0.4, -0.2) is 86.1 Å². The van der Waals surface area contributed by atoms with Crippen molar-refractivity contribution >= 4 is 14.3 Å². The van der Waals surface area contributed by atoms with Gasteiger partial charge in [0.25, 0.3) is 8.53 Å². The number of benzene rings is 6. The molecule has 14 nitrogen and oxygen atoms in total. The summed E-state index contributed by atoms with van der Waals surface area (Å²) < 4.78 is 48.2. The third-order valence-electron chi connectivity index (χ3n) is 14.6. The van der Waals surface area contributed by atoms with Crippen molar-refractivity contribution in [3.8, 4) is 23.3 Å². The molecule has 1 aromatic heterocycles. The lowest BCUT2D eigenvalue weighted by molar-refractivity contribution is -0.0925. The summed E-state index contributed by atoms with van der Waals surface area (Å²) in [6.45, 7) is 10.1. The second-order valence-electron chi connectivity index (χ2n) is 20.4. The number of nitrogens with zero attached hydrogens (tertiary/aromatic N) is 4. The summed E-state index contributed by atoms with van der Waals surface area (Å²) in [6, 6.07) is 59.6. The number of aromatic nitrogens is 2. The van der Waals surface area contributed by atoms with Gasteiger partial charge in [0.15, 0.2) is 0 Å². The van der Waals surface area contributed by atoms with Crippen LogP contribution in [-0.2, 0) is 29.7 Å². The van der Waals surface area contributed by atoms with Crippen LogP contribution in [0, 0.1) is 11.3 Å². The van der Waals surface area contributed by atoms with Crippen molar-refractivity contribution in [1.82, 2.24) is 19.5 Å². The molecule has 1 aliphatic rings. The zero-order valence-corrected chi connectivity index (χ0v) is 48.1. The van der Waals surface area contributed by atoms with Gasteiger partial charge in [-0.15, -0.1) is 0 Å². The van der Waals surface area contributed by atoms with E-state index < -0.39 is 43.8 Å². The van der Waals surface area contributed by atoms with Crippen LogP contribution < -0.4 is 30.5 Å². The number of rotatable bonds is 30. The van der Waals surface area contributed by atoms with E-state index in [0.29, 0.717) is 30.3 Å². The molecule has 1 unspecified atom stereocenters. The molecule has 2 heterocycles. The van der Waals surface area contributed by atoms with E-state index in [4.69, 9.17) is 32.7 Å². The van der Waals surface area contributed by atoms with E-state index in [1.807, 2.05) is 84.9 Å². The Morgan fingerprint density at radius 2 is 1.14 bits per heavy atom. The quantitative estimate of drug-likeness (QED) is 0.0250. The maximum Gasteiger partial charge on any atom is 0.351 e. The van der Waals surface area contributed by atoms with Gasteiger partial charge in [0.1, 0.15) is 41.0 Å². The molecule has 2 N–H and O–H groups in total. The minimum absolute atomic E-state index is 0.0559. The first-order valence-electron chi connectivity index (χ1n) is 27.8. The first-order valence-corrected chi connectivity index (χ1v) is 28.9. The molecule has 8 rings (SSSR count). The molecule has 1 aliphatic heterocycles. The summed E-state index contributed by atoms with van der Waals surface area (Å²) >= 11 is 0. The fourth-order valence-electron chi connectivity index (χ4n) is 10.7. The smallest absolute Gasteiger partial charge is 0.351 e. The van der Waals surface area contributed by atoms with Crippen LogP contribution in [0.4, 0.5) is 5.82 Å². The zero-order valence-electron chi connectivity index (χ0n) is 47.2. The van der Waals surface area contributed by atoms with Crippen LogP contribution >= 0.6 is 8.53 Å². The summed E-state index contributed by atoms with van der Waals surface area (Å²) in [7, 11) is 3.30. The second kappa shape index (κ2) is 29.0. The summed E-state index contributed by atoms with van der Waals surface area (Å²) in [4.78, 5) is 18.6. The standard InChI is InChI=1S/C65H77N6O8P/c1-48(2)71(49(3)4)80(77-45-21-41-66)79-59-46-62(78-60(59)47-76-65(53-26-17-12-18-27-53,54-30-36-57(74-6)37-31-54)55-32-38-58(75-7)39-33-55)70-44-40-61(69-63(70)72)67-42-19-8-9-20-43-68-64(50-22-13-10-14-23-50,51-24-15-11-16-25-51)52-28-34-56(73-5)35-29-52/h10-18,22-40,44,48-49,59-60,62,68H,8-9,19-21,42-43,45-47H2,1-7H3,(H,67,69,72)/t59-,60+,62+,80?/m0/s1. The lowest BCUT2D eigenvalue weighted by Crippen LogP contribution is -2.45. The fraction of sp³-hybridized carbons (Fsp3) is 0.369. The highest BCUT2D eigenvalue weighted by molar-refractivity contribution is 7.44. The Morgan fingerprint density at radius 3 is 1.62 bits per heavy atom. The van der Waals surface area contributed by atoms with Crippen molar-refractivity contribution < 1.29 is 32.7 Å². The van der Waals surface area contributed by atoms with Crippen LogP contribution in [0.5, 0.6) is 17.2 Å². The van der Waals surface area contributed by atoms with Gasteiger partial charge >= 0.3 is 5.69 Å². The average Bonchev–Trinajstić information content (AvgIpc) is 4.01. The van der Waals surface area contributed by atoms with Gasteiger partial charge in [-0.1, -0.05) is 140 Å². The van der Waals surface area contributed by atoms with E-state index in [9.17, 15) is 10.1 Å². The predicted octanol–water partition coefficient (Wildman–Crippen LogP) is 12.8. The molecule has 0 bridgehead atoms. The van der Waals surface area contributed by atoms with Crippen molar-refractivity contribution in [3.63, 3.8) is 0 Å². The lowest BCUT2D eigenvalue weighted by Gasteiger charge is -2.39. The molecule has 15 heteroatoms. The number of anilines is 1. The Bertz CT molecular complexity index is 2960. The third kappa shape index (κ3) is 14.1. The summed E-state index contributed by atoms with van der Waals surface area (Å²) in [5.74, 6) is 2.73. The number of unbranched alkanes of at least 4 members (excludes halogenated alkanes) is 3. The zero-order chi connectivity index (χ0) is 56.3. The maximum absolute atomic E-state index is 14.1. The molecule has 6 aromatic carbocycles. The van der Waals surface area contributed by atoms with Crippen molar-refractivity contribution in [1.29, 1.82) is 5.26 Å². The largest absolute Gasteiger partial charge is 0.497 e. The molecule has 7 aromatic rings. The van der Waals surface area contributed by atoms with Gasteiger partial charge in [-0.05, 0) is 123 Å². The predicted molar refractivity (Wildman–Crippen MR) is 316 cm³/mol. The number of nitrogens with one attached hydrogen (secondary N) is 2. The highest BCUT2D eigenvalue weighted by Crippen LogP contribution is 2.51. The molecule has 80 heavy (non-hydrogen) atoms. The van der Waals surface area contributed by atoms with Gasteiger partial charge in [0.05, 0.1) is 58.7 Å². The van der Waals surface area contributed by atoms with E-state index in [0.717, 1.165) is 60.2 Å². The molecule has 0 aliphatic carbocycles. The maximum atomic E-state index is 14.1. The lowest BCUT2D eigenvalue weighted by atomic mass is 9.77. The van der Waals surface area contributed by atoms with E-state index in [1.165, 1.54) is 15.7 Å². The van der Waals surface area contributed by atoms with Gasteiger partial charge in [0, 0.05) is 31.2 Å². The average molecular weight is 1100 g/mol. The van der Waals surface area contributed by atoms with E-state index in [-0.39, 0.29) is 31.7 Å². The van der Waals surface area contributed by atoms with E-state index in [2.05, 4.69) is 139 Å². The first-order chi connectivity index (χ1) is 39.0. The topological polar surface area (TPSA) is 151 Å². The number of methoxy groups -OCH3 is 3. The molecule has 0 saturated carbocycles. The molecule has 0 amide bonds. The van der Waals surface area contributed by atoms with Crippen LogP contribution in [0.25, 0.3) is 0 Å². The third-order valence-corrected chi connectivity index (χ3v) is 16.7. The van der Waals surface area contributed by atoms with E-state index >= 15 is 0 Å². The van der Waals surface area contributed by atoms with Crippen molar-refractivity contribution in [2.24, 2.45) is 0 Å². The fourth-order valence-corrected chi connectivity index (χ4v) is 12.4. The monoisotopic (exact) mass is 1100 g/mol. The van der Waals surface area contributed by atoms with Gasteiger partial charge in [-0.25, -0.2) is 9.46 Å². The molecular weight excluding hydrogens is 1020 g/mol. The first kappa shape index (κ1) is 59.2. The van der Waals surface area contributed by atoms with Crippen molar-refractivity contribution in [2.45, 2.75) is 108 Å². The molecule has 0 spiro atoms. The van der Waals surface area contributed by atoms with Gasteiger partial charge < -0.3 is 38.0 Å². The Morgan fingerprint density at radius 1 is 0.662 bits per heavy atom.